The summed E-state index contributed by atoms with van der Waals surface area (Å²) in [6, 6.07) is 9.69. The van der Waals surface area contributed by atoms with E-state index in [1.165, 1.54) is 12.1 Å². The summed E-state index contributed by atoms with van der Waals surface area (Å²) < 4.78 is 19.4. The van der Waals surface area contributed by atoms with Gasteiger partial charge in [0.05, 0.1) is 12.1 Å². The molecule has 0 unspecified atom stereocenters. The monoisotopic (exact) mass is 399 g/mol. The van der Waals surface area contributed by atoms with Crippen molar-refractivity contribution < 1.29 is 18.7 Å². The summed E-state index contributed by atoms with van der Waals surface area (Å²) >= 11 is 0. The largest absolute Gasteiger partial charge is 0.369 e. The number of hydrogen-bond donors (Lipinski definition) is 1. The zero-order chi connectivity index (χ0) is 20.5. The van der Waals surface area contributed by atoms with Crippen molar-refractivity contribution in [1.82, 2.24) is 14.8 Å². The molecule has 2 aromatic rings. The molecule has 0 spiro atoms. The van der Waals surface area contributed by atoms with Gasteiger partial charge < -0.3 is 19.5 Å². The van der Waals surface area contributed by atoms with Crippen LogP contribution in [0.1, 0.15) is 35.9 Å². The van der Waals surface area contributed by atoms with E-state index in [2.05, 4.69) is 4.98 Å². The molecule has 2 amide bonds. The Morgan fingerprint density at radius 2 is 2.03 bits per heavy atom. The van der Waals surface area contributed by atoms with Gasteiger partial charge in [0.2, 0.25) is 5.91 Å². The van der Waals surface area contributed by atoms with Crippen LogP contribution in [0.2, 0.25) is 0 Å². The van der Waals surface area contributed by atoms with E-state index in [0.717, 1.165) is 5.56 Å². The SMILES string of the molecule is CC(C)OCC(=O)N1C[C@H]2CN(C(=O)c3ccc[nH]3)[C@H](c3cccc(F)c3)[C@H]2C1. The fourth-order valence-electron chi connectivity index (χ4n) is 4.52. The van der Waals surface area contributed by atoms with E-state index < -0.39 is 0 Å². The summed E-state index contributed by atoms with van der Waals surface area (Å²) in [4.78, 5) is 32.2. The van der Waals surface area contributed by atoms with Gasteiger partial charge in [0, 0.05) is 37.7 Å². The number of nitrogens with zero attached hydrogens (tertiary/aromatic N) is 2. The third kappa shape index (κ3) is 3.92. The van der Waals surface area contributed by atoms with Crippen molar-refractivity contribution in [2.45, 2.75) is 26.0 Å². The molecule has 2 saturated heterocycles. The van der Waals surface area contributed by atoms with E-state index >= 15 is 0 Å². The molecular weight excluding hydrogens is 373 g/mol. The Kier molecular flexibility index (Phi) is 5.41. The van der Waals surface area contributed by atoms with Crippen molar-refractivity contribution >= 4 is 11.8 Å². The third-order valence-corrected chi connectivity index (χ3v) is 5.84. The zero-order valence-electron chi connectivity index (χ0n) is 16.7. The predicted octanol–water partition coefficient (Wildman–Crippen LogP) is 2.85. The maximum Gasteiger partial charge on any atom is 0.270 e. The Morgan fingerprint density at radius 3 is 2.72 bits per heavy atom. The summed E-state index contributed by atoms with van der Waals surface area (Å²) in [6.07, 6.45) is 1.71. The van der Waals surface area contributed by atoms with Gasteiger partial charge in [0.25, 0.3) is 5.91 Å². The Hall–Kier alpha value is -2.67. The second kappa shape index (κ2) is 7.99. The van der Waals surface area contributed by atoms with Gasteiger partial charge in [0.1, 0.15) is 18.1 Å². The van der Waals surface area contributed by atoms with Gasteiger partial charge in [-0.25, -0.2) is 4.39 Å². The maximum atomic E-state index is 14.0. The highest BCUT2D eigenvalue weighted by atomic mass is 19.1. The summed E-state index contributed by atoms with van der Waals surface area (Å²) in [7, 11) is 0. The first-order chi connectivity index (χ1) is 13.9. The first-order valence-corrected chi connectivity index (χ1v) is 10.0. The van der Waals surface area contributed by atoms with E-state index in [0.29, 0.717) is 25.3 Å². The van der Waals surface area contributed by atoms with Crippen LogP contribution in [0.15, 0.2) is 42.6 Å². The molecule has 0 saturated carbocycles. The molecule has 6 nitrogen and oxygen atoms in total. The molecule has 29 heavy (non-hydrogen) atoms. The van der Waals surface area contributed by atoms with Gasteiger partial charge in [-0.1, -0.05) is 12.1 Å². The van der Waals surface area contributed by atoms with E-state index in [1.54, 1.807) is 24.4 Å². The average molecular weight is 399 g/mol. The molecule has 3 atom stereocenters. The van der Waals surface area contributed by atoms with Gasteiger partial charge in [-0.3, -0.25) is 9.59 Å². The first kappa shape index (κ1) is 19.6. The summed E-state index contributed by atoms with van der Waals surface area (Å²) in [5.74, 6) is -0.230. The van der Waals surface area contributed by atoms with Crippen molar-refractivity contribution in [3.63, 3.8) is 0 Å². The van der Waals surface area contributed by atoms with Crippen LogP contribution in [0, 0.1) is 17.7 Å². The zero-order valence-corrected chi connectivity index (χ0v) is 16.7. The number of carbonyl (C=O) groups excluding carboxylic acids is 2. The molecule has 4 rings (SSSR count). The first-order valence-electron chi connectivity index (χ1n) is 10.0. The minimum absolute atomic E-state index is 0.00463. The molecule has 0 aliphatic carbocycles. The number of nitrogens with one attached hydrogen (secondary N) is 1. The van der Waals surface area contributed by atoms with Gasteiger partial charge in [-0.15, -0.1) is 0 Å². The molecule has 1 aromatic carbocycles. The van der Waals surface area contributed by atoms with Crippen molar-refractivity contribution in [3.05, 3.63) is 59.7 Å². The molecule has 1 aromatic heterocycles. The van der Waals surface area contributed by atoms with E-state index in [1.807, 2.05) is 29.7 Å². The number of H-pyrrole nitrogens is 1. The Labute approximate surface area is 169 Å². The van der Waals surface area contributed by atoms with Crippen LogP contribution < -0.4 is 0 Å². The normalized spacial score (nSPS) is 23.7. The van der Waals surface area contributed by atoms with Crippen LogP contribution >= 0.6 is 0 Å². The molecule has 0 radical (unpaired) electrons. The van der Waals surface area contributed by atoms with Crippen LogP contribution in [0.25, 0.3) is 0 Å². The van der Waals surface area contributed by atoms with Crippen molar-refractivity contribution in [3.8, 4) is 0 Å². The summed E-state index contributed by atoms with van der Waals surface area (Å²) in [5, 5.41) is 0. The minimum atomic E-state index is -0.325. The van der Waals surface area contributed by atoms with Gasteiger partial charge in [-0.05, 0) is 43.7 Å². The summed E-state index contributed by atoms with van der Waals surface area (Å²) in [5.41, 5.74) is 1.29. The predicted molar refractivity (Wildman–Crippen MR) is 106 cm³/mol. The van der Waals surface area contributed by atoms with Crippen molar-refractivity contribution in [2.75, 3.05) is 26.2 Å². The molecular formula is C22H26FN3O3. The molecule has 154 valence electrons. The Balaban J connectivity index is 1.58. The van der Waals surface area contributed by atoms with Crippen LogP contribution in [0.4, 0.5) is 4.39 Å². The number of ether oxygens (including phenoxy) is 1. The number of carbonyl (C=O) groups is 2. The number of amides is 2. The second-order valence-corrected chi connectivity index (χ2v) is 8.12. The van der Waals surface area contributed by atoms with Crippen LogP contribution in [0.3, 0.4) is 0 Å². The highest BCUT2D eigenvalue weighted by molar-refractivity contribution is 5.93. The van der Waals surface area contributed by atoms with Gasteiger partial charge in [0.15, 0.2) is 0 Å². The second-order valence-electron chi connectivity index (χ2n) is 8.12. The van der Waals surface area contributed by atoms with Crippen molar-refractivity contribution in [2.24, 2.45) is 11.8 Å². The summed E-state index contributed by atoms with van der Waals surface area (Å²) in [6.45, 7) is 5.53. The number of rotatable bonds is 5. The van der Waals surface area contributed by atoms with Crippen LogP contribution in [-0.4, -0.2) is 58.9 Å². The van der Waals surface area contributed by atoms with E-state index in [-0.39, 0.29) is 48.2 Å². The Bertz CT molecular complexity index is 883. The highest BCUT2D eigenvalue weighted by Crippen LogP contribution is 2.45. The Morgan fingerprint density at radius 1 is 1.21 bits per heavy atom. The van der Waals surface area contributed by atoms with Gasteiger partial charge >= 0.3 is 0 Å². The molecule has 3 heterocycles. The lowest BCUT2D eigenvalue weighted by atomic mass is 9.89. The molecule has 2 fully saturated rings. The quantitative estimate of drug-likeness (QED) is 0.841. The molecule has 7 heteroatoms. The molecule has 2 aliphatic rings. The van der Waals surface area contributed by atoms with E-state index in [4.69, 9.17) is 4.74 Å². The lowest BCUT2D eigenvalue weighted by Crippen LogP contribution is -2.39. The number of fused-ring (bicyclic) bond motifs is 1. The number of likely N-dealkylation sites (tertiary alicyclic amines) is 2. The average Bonchev–Trinajstić information content (AvgIpc) is 3.40. The molecule has 2 aliphatic heterocycles. The third-order valence-electron chi connectivity index (χ3n) is 5.84. The molecule has 0 bridgehead atoms. The fraction of sp³-hybridized carbons (Fsp3) is 0.455. The van der Waals surface area contributed by atoms with Crippen LogP contribution in [-0.2, 0) is 9.53 Å². The van der Waals surface area contributed by atoms with Crippen molar-refractivity contribution in [1.29, 1.82) is 0 Å². The number of halogens is 1. The fourth-order valence-corrected chi connectivity index (χ4v) is 4.52. The van der Waals surface area contributed by atoms with Crippen LogP contribution in [0.5, 0.6) is 0 Å². The standard InChI is InChI=1S/C22H26FN3O3/c1-14(2)29-13-20(27)25-10-16-11-26(22(28)19-7-4-8-24-19)21(18(16)12-25)15-5-3-6-17(23)9-15/h3-9,14,16,18,21,24H,10-13H2,1-2H3/t16-,18-,21+/m0/s1. The lowest BCUT2D eigenvalue weighted by molar-refractivity contribution is -0.136. The highest BCUT2D eigenvalue weighted by Gasteiger charge is 2.50. The lowest BCUT2D eigenvalue weighted by Gasteiger charge is -2.30. The number of benzene rings is 1. The smallest absolute Gasteiger partial charge is 0.270 e. The molecule has 1 N–H and O–H groups in total. The number of hydrogen-bond acceptors (Lipinski definition) is 3. The maximum absolute atomic E-state index is 14.0. The number of aromatic nitrogens is 1. The minimum Gasteiger partial charge on any atom is -0.369 e. The van der Waals surface area contributed by atoms with Gasteiger partial charge in [-0.2, -0.15) is 0 Å². The number of aromatic amines is 1. The van der Waals surface area contributed by atoms with E-state index in [9.17, 15) is 14.0 Å². The topological polar surface area (TPSA) is 65.6 Å².